The second-order valence-electron chi connectivity index (χ2n) is 4.23. The van der Waals surface area contributed by atoms with Crippen LogP contribution in [-0.4, -0.2) is 26.4 Å². The van der Waals surface area contributed by atoms with Gasteiger partial charge in [-0.05, 0) is 20.8 Å². The van der Waals surface area contributed by atoms with Gasteiger partial charge < -0.3 is 15.0 Å². The molecule has 2 rings (SSSR count). The SMILES string of the molecule is CCn1c(C)nc(-c2c(C)nn(C)c2OC)c1N. The highest BCUT2D eigenvalue weighted by atomic mass is 16.5. The molecular formula is C12H19N5O. The van der Waals surface area contributed by atoms with Gasteiger partial charge in [-0.3, -0.25) is 0 Å². The Morgan fingerprint density at radius 3 is 2.50 bits per heavy atom. The molecule has 2 N–H and O–H groups in total. The lowest BCUT2D eigenvalue weighted by Gasteiger charge is -2.05. The standard InChI is InChI=1S/C12H19N5O/c1-6-17-8(3)14-10(11(17)13)9-7(2)15-16(4)12(9)18-5/h6,13H2,1-5H3. The van der Waals surface area contributed by atoms with E-state index >= 15 is 0 Å². The van der Waals surface area contributed by atoms with E-state index in [4.69, 9.17) is 10.5 Å². The molecule has 0 radical (unpaired) electrons. The maximum Gasteiger partial charge on any atom is 0.221 e. The fraction of sp³-hybridized carbons (Fsp3) is 0.500. The summed E-state index contributed by atoms with van der Waals surface area (Å²) in [6.07, 6.45) is 0. The van der Waals surface area contributed by atoms with Crippen LogP contribution in [0, 0.1) is 13.8 Å². The maximum absolute atomic E-state index is 6.16. The van der Waals surface area contributed by atoms with E-state index < -0.39 is 0 Å². The van der Waals surface area contributed by atoms with Crippen LogP contribution >= 0.6 is 0 Å². The Labute approximate surface area is 106 Å². The number of nitrogens with two attached hydrogens (primary N) is 1. The lowest BCUT2D eigenvalue weighted by atomic mass is 10.2. The lowest BCUT2D eigenvalue weighted by Crippen LogP contribution is -2.02. The molecule has 0 aliphatic rings. The number of nitrogens with zero attached hydrogens (tertiary/aromatic N) is 4. The molecule has 98 valence electrons. The first-order valence-electron chi connectivity index (χ1n) is 5.91. The van der Waals surface area contributed by atoms with Crippen molar-refractivity contribution in [1.29, 1.82) is 0 Å². The first-order chi connectivity index (χ1) is 8.51. The molecule has 0 aliphatic heterocycles. The summed E-state index contributed by atoms with van der Waals surface area (Å²) in [6.45, 7) is 6.72. The first kappa shape index (κ1) is 12.5. The van der Waals surface area contributed by atoms with Gasteiger partial charge in [-0.2, -0.15) is 5.10 Å². The Morgan fingerprint density at radius 1 is 1.33 bits per heavy atom. The van der Waals surface area contributed by atoms with Gasteiger partial charge in [-0.1, -0.05) is 0 Å². The number of nitrogen functional groups attached to an aromatic ring is 1. The minimum absolute atomic E-state index is 0.657. The molecule has 0 bridgehead atoms. The number of rotatable bonds is 3. The zero-order chi connectivity index (χ0) is 13.4. The van der Waals surface area contributed by atoms with Crippen LogP contribution < -0.4 is 10.5 Å². The average Bonchev–Trinajstić information content (AvgIpc) is 2.75. The lowest BCUT2D eigenvalue weighted by molar-refractivity contribution is 0.374. The first-order valence-corrected chi connectivity index (χ1v) is 5.91. The van der Waals surface area contributed by atoms with Gasteiger partial charge in [0.15, 0.2) is 0 Å². The number of hydrogen-bond acceptors (Lipinski definition) is 4. The molecule has 6 nitrogen and oxygen atoms in total. The monoisotopic (exact) mass is 249 g/mol. The number of hydrogen-bond donors (Lipinski definition) is 1. The molecule has 0 spiro atoms. The van der Waals surface area contributed by atoms with E-state index in [1.165, 1.54) is 0 Å². The van der Waals surface area contributed by atoms with Gasteiger partial charge in [0.25, 0.3) is 0 Å². The normalized spacial score (nSPS) is 10.9. The molecule has 2 heterocycles. The predicted octanol–water partition coefficient (Wildman–Crippen LogP) is 1.51. The van der Waals surface area contributed by atoms with Gasteiger partial charge in [-0.25, -0.2) is 9.67 Å². The van der Waals surface area contributed by atoms with Crippen molar-refractivity contribution in [2.24, 2.45) is 7.05 Å². The molecule has 0 saturated heterocycles. The van der Waals surface area contributed by atoms with Gasteiger partial charge >= 0.3 is 0 Å². The van der Waals surface area contributed by atoms with Crippen LogP contribution in [0.2, 0.25) is 0 Å². The van der Waals surface area contributed by atoms with Crippen LogP contribution in [0.3, 0.4) is 0 Å². The summed E-state index contributed by atoms with van der Waals surface area (Å²) in [4.78, 5) is 4.54. The molecule has 0 fully saturated rings. The molecule has 2 aromatic rings. The number of anilines is 1. The topological polar surface area (TPSA) is 70.9 Å². The summed E-state index contributed by atoms with van der Waals surface area (Å²) in [5.74, 6) is 2.24. The molecular weight excluding hydrogens is 230 g/mol. The van der Waals surface area contributed by atoms with Crippen molar-refractivity contribution in [2.45, 2.75) is 27.3 Å². The van der Waals surface area contributed by atoms with Gasteiger partial charge in [-0.15, -0.1) is 0 Å². The smallest absolute Gasteiger partial charge is 0.221 e. The van der Waals surface area contributed by atoms with E-state index in [9.17, 15) is 0 Å². The minimum atomic E-state index is 0.657. The molecule has 6 heteroatoms. The highest BCUT2D eigenvalue weighted by Gasteiger charge is 2.22. The third kappa shape index (κ3) is 1.64. The van der Waals surface area contributed by atoms with Crippen molar-refractivity contribution in [1.82, 2.24) is 19.3 Å². The highest BCUT2D eigenvalue weighted by Crippen LogP contribution is 2.35. The number of aryl methyl sites for hydroxylation is 3. The highest BCUT2D eigenvalue weighted by molar-refractivity contribution is 5.77. The molecule has 0 aliphatic carbocycles. The number of imidazole rings is 1. The Balaban J connectivity index is 2.69. The molecule has 18 heavy (non-hydrogen) atoms. The minimum Gasteiger partial charge on any atom is -0.481 e. The van der Waals surface area contributed by atoms with E-state index in [-0.39, 0.29) is 0 Å². The summed E-state index contributed by atoms with van der Waals surface area (Å²) in [5.41, 5.74) is 8.63. The predicted molar refractivity (Wildman–Crippen MR) is 70.5 cm³/mol. The quantitative estimate of drug-likeness (QED) is 0.895. The van der Waals surface area contributed by atoms with E-state index in [2.05, 4.69) is 10.1 Å². The second kappa shape index (κ2) is 4.36. The van der Waals surface area contributed by atoms with Crippen LogP contribution in [0.4, 0.5) is 5.82 Å². The van der Waals surface area contributed by atoms with Crippen molar-refractivity contribution < 1.29 is 4.74 Å². The number of ether oxygens (including phenoxy) is 1. The third-order valence-corrected chi connectivity index (χ3v) is 3.11. The fourth-order valence-corrected chi connectivity index (χ4v) is 2.31. The van der Waals surface area contributed by atoms with Crippen LogP contribution in [0.1, 0.15) is 18.4 Å². The van der Waals surface area contributed by atoms with Crippen LogP contribution in [0.5, 0.6) is 5.88 Å². The maximum atomic E-state index is 6.16. The average molecular weight is 249 g/mol. The summed E-state index contributed by atoms with van der Waals surface area (Å²) in [6, 6.07) is 0. The Morgan fingerprint density at radius 2 is 2.00 bits per heavy atom. The summed E-state index contributed by atoms with van der Waals surface area (Å²) < 4.78 is 9.06. The second-order valence-corrected chi connectivity index (χ2v) is 4.23. The molecule has 0 aromatic carbocycles. The van der Waals surface area contributed by atoms with E-state index in [0.29, 0.717) is 11.7 Å². The largest absolute Gasteiger partial charge is 0.481 e. The molecule has 0 amide bonds. The zero-order valence-electron chi connectivity index (χ0n) is 11.5. The van der Waals surface area contributed by atoms with Crippen LogP contribution in [0.15, 0.2) is 0 Å². The molecule has 0 atom stereocenters. The van der Waals surface area contributed by atoms with E-state index in [0.717, 1.165) is 29.3 Å². The molecule has 2 aromatic heterocycles. The van der Waals surface area contributed by atoms with Crippen LogP contribution in [-0.2, 0) is 13.6 Å². The van der Waals surface area contributed by atoms with Crippen molar-refractivity contribution in [3.8, 4) is 17.1 Å². The fourth-order valence-electron chi connectivity index (χ4n) is 2.31. The van der Waals surface area contributed by atoms with Crippen LogP contribution in [0.25, 0.3) is 11.3 Å². The number of aromatic nitrogens is 4. The Bertz CT molecular complexity index is 582. The van der Waals surface area contributed by atoms with Gasteiger partial charge in [0.05, 0.1) is 18.4 Å². The van der Waals surface area contributed by atoms with Crippen molar-refractivity contribution in [2.75, 3.05) is 12.8 Å². The summed E-state index contributed by atoms with van der Waals surface area (Å²) in [5, 5.41) is 4.35. The Hall–Kier alpha value is -1.98. The van der Waals surface area contributed by atoms with Gasteiger partial charge in [0, 0.05) is 13.6 Å². The molecule has 0 unspecified atom stereocenters. The summed E-state index contributed by atoms with van der Waals surface area (Å²) >= 11 is 0. The van der Waals surface area contributed by atoms with E-state index in [1.54, 1.807) is 11.8 Å². The van der Waals surface area contributed by atoms with Gasteiger partial charge in [0.1, 0.15) is 17.3 Å². The van der Waals surface area contributed by atoms with Crippen molar-refractivity contribution >= 4 is 5.82 Å². The molecule has 0 saturated carbocycles. The Kier molecular flexibility index (Phi) is 3.02. The van der Waals surface area contributed by atoms with Gasteiger partial charge in [0.2, 0.25) is 5.88 Å². The van der Waals surface area contributed by atoms with E-state index in [1.807, 2.05) is 32.4 Å². The van der Waals surface area contributed by atoms with Crippen molar-refractivity contribution in [3.63, 3.8) is 0 Å². The third-order valence-electron chi connectivity index (χ3n) is 3.11. The number of methoxy groups -OCH3 is 1. The zero-order valence-corrected chi connectivity index (χ0v) is 11.5. The van der Waals surface area contributed by atoms with Crippen molar-refractivity contribution in [3.05, 3.63) is 11.5 Å². The summed E-state index contributed by atoms with van der Waals surface area (Å²) in [7, 11) is 3.47.